The Kier molecular flexibility index (Phi) is 22.0. The molecule has 0 aromatic carbocycles. The number of ether oxygens (including phenoxy) is 5. The molecule has 0 radical (unpaired) electrons. The third-order valence-corrected chi connectivity index (χ3v) is 11.2. The zero-order chi connectivity index (χ0) is 52.0. The average molecular weight is 991 g/mol. The van der Waals surface area contributed by atoms with E-state index in [0.717, 1.165) is 13.8 Å². The Balaban J connectivity index is 1.69. The maximum Gasteiger partial charge on any atom is 0.249 e. The van der Waals surface area contributed by atoms with E-state index in [9.17, 15) is 78.6 Å². The van der Waals surface area contributed by atoms with Gasteiger partial charge >= 0.3 is 0 Å². The Labute approximate surface area is 394 Å². The molecule has 0 aliphatic carbocycles. The van der Waals surface area contributed by atoms with Crippen molar-refractivity contribution in [3.8, 4) is 0 Å². The fourth-order valence-electron chi connectivity index (χ4n) is 7.34. The van der Waals surface area contributed by atoms with Gasteiger partial charge in [-0.05, 0) is 47.0 Å². The molecule has 7 amide bonds. The van der Waals surface area contributed by atoms with Gasteiger partial charge in [-0.3, -0.25) is 33.6 Å². The monoisotopic (exact) mass is 990 g/mol. The second-order valence-electron chi connectivity index (χ2n) is 16.9. The summed E-state index contributed by atoms with van der Waals surface area (Å²) in [5.74, 6) is -10.9. The minimum Gasteiger partial charge on any atom is -0.548 e. The largest absolute Gasteiger partial charge is 0.548 e. The Morgan fingerprint density at radius 3 is 1.81 bits per heavy atom. The summed E-state index contributed by atoms with van der Waals surface area (Å²) in [7, 11) is 0. The van der Waals surface area contributed by atoms with Gasteiger partial charge in [0.15, 0.2) is 12.6 Å². The van der Waals surface area contributed by atoms with Gasteiger partial charge in [0.1, 0.15) is 79.0 Å². The minimum absolute atomic E-state index is 0.000931. The van der Waals surface area contributed by atoms with E-state index >= 15 is 0 Å². The lowest BCUT2D eigenvalue weighted by molar-refractivity contribution is -0.438. The summed E-state index contributed by atoms with van der Waals surface area (Å²) < 4.78 is 29.6. The number of quaternary nitrogens is 1. The Morgan fingerprint density at radius 2 is 1.25 bits per heavy atom. The summed E-state index contributed by atoms with van der Waals surface area (Å²) in [6.07, 6.45) is -14.0. The fourth-order valence-corrected chi connectivity index (χ4v) is 7.34. The number of carboxylic acids is 3. The topological polar surface area (TPSA) is 459 Å². The molecule has 0 saturated carbocycles. The molecule has 3 heterocycles. The van der Waals surface area contributed by atoms with Crippen LogP contribution in [0.2, 0.25) is 0 Å². The predicted octanol–water partition coefficient (Wildman–Crippen LogP) is -11.4. The van der Waals surface area contributed by atoms with Crippen molar-refractivity contribution in [2.45, 2.75) is 177 Å². The zero-order valence-electron chi connectivity index (χ0n) is 38.7. The van der Waals surface area contributed by atoms with Crippen LogP contribution in [0.1, 0.15) is 73.6 Å². The molecule has 2 bridgehead atoms. The number of aliphatic hydroxyl groups is 3. The standard InChI is InChI=1S/C40H64N8O21/c1-14(32(55)44-16(3)36(59)60)43-35(58)21(9-7-8-20(41)37(61)62)47-25(52)11-10-22(38(63)64)48-33(56)15(2)42-34(57)17(4)66-31-27(46-19(6)51)39-65-13-24(68-39)30(31)69-40-26(45-18(5)50)29(54)28(53)23(12-49)67-40/h14-17,20-24,26-31,39-40,49,53-54H,7-13,41H2,1-6H3,(H,42,57)(H,43,58)(H,44,55)(H,45,50)(H,46,51)(H,47,52)(H,48,56)(H,59,60)(H,61,62)(H,63,64)/p-2/t14-,15+,16-,17-,20-,21+,22-,23-,24-,26-,27-,28-,29-,30-,31-,39-,40+/m1/s1. The molecule has 390 valence electrons. The van der Waals surface area contributed by atoms with Gasteiger partial charge in [-0.15, -0.1) is 0 Å². The van der Waals surface area contributed by atoms with Gasteiger partial charge in [0.05, 0.1) is 43.2 Å². The van der Waals surface area contributed by atoms with Crippen LogP contribution in [0.4, 0.5) is 0 Å². The molecule has 69 heavy (non-hydrogen) atoms. The number of aliphatic hydroxyl groups excluding tert-OH is 3. The first-order valence-corrected chi connectivity index (χ1v) is 22.0. The third-order valence-electron chi connectivity index (χ3n) is 11.2. The van der Waals surface area contributed by atoms with Crippen molar-refractivity contribution in [3.63, 3.8) is 0 Å². The Morgan fingerprint density at radius 1 is 0.667 bits per heavy atom. The molecule has 3 aliphatic heterocycles. The van der Waals surface area contributed by atoms with Gasteiger partial charge in [-0.2, -0.15) is 0 Å². The van der Waals surface area contributed by atoms with Gasteiger partial charge in [-0.25, -0.2) is 0 Å². The molecule has 13 N–H and O–H groups in total. The summed E-state index contributed by atoms with van der Waals surface area (Å²) in [6, 6.07) is -11.2. The molecule has 0 aromatic heterocycles. The van der Waals surface area contributed by atoms with Crippen molar-refractivity contribution in [2.75, 3.05) is 13.2 Å². The number of nitrogens with one attached hydrogen (secondary N) is 7. The average Bonchev–Trinajstić information content (AvgIpc) is 3.71. The van der Waals surface area contributed by atoms with Crippen molar-refractivity contribution in [2.24, 2.45) is 0 Å². The highest BCUT2D eigenvalue weighted by atomic mass is 16.8. The fraction of sp³-hybridized carbons (Fsp3) is 0.750. The summed E-state index contributed by atoms with van der Waals surface area (Å²) in [6.45, 7) is 6.20. The summed E-state index contributed by atoms with van der Waals surface area (Å²) >= 11 is 0. The molecule has 29 heteroatoms. The highest BCUT2D eigenvalue weighted by Gasteiger charge is 2.56. The van der Waals surface area contributed by atoms with Crippen LogP contribution in [0.3, 0.4) is 0 Å². The van der Waals surface area contributed by atoms with Crippen LogP contribution in [-0.2, 0) is 71.6 Å². The maximum absolute atomic E-state index is 13.5. The lowest BCUT2D eigenvalue weighted by Gasteiger charge is -2.47. The molecule has 3 fully saturated rings. The van der Waals surface area contributed by atoms with Crippen LogP contribution in [0.25, 0.3) is 0 Å². The SMILES string of the molecule is CC(=O)N[C@H]1[C@H](O[C@H]2[C@H](O[C@H](C)C(=O)N[C@@H](C)C(=O)N[C@H](CCC(=O)N[C@@H](CCC[C@@H]([NH3+])C(=O)[O-])C(=O)N[C@H](C)C(=O)N[C@H](C)C(=O)[O-])C(=O)[O-])[C@@H](NC(C)=O)[C@@H]3OC[C@H]2O3)O[C@H](CO)[C@@H](O)[C@@H]1O. The first-order valence-electron chi connectivity index (χ1n) is 22.0. The van der Waals surface area contributed by atoms with Crippen LogP contribution >= 0.6 is 0 Å². The molecule has 3 saturated heterocycles. The Bertz CT molecular complexity index is 1880. The smallest absolute Gasteiger partial charge is 0.249 e. The van der Waals surface area contributed by atoms with Gasteiger partial charge in [-0.1, -0.05) is 0 Å². The van der Waals surface area contributed by atoms with Crippen molar-refractivity contribution in [3.05, 3.63) is 0 Å². The number of hydrogen-bond donors (Lipinski definition) is 11. The number of rotatable bonds is 26. The summed E-state index contributed by atoms with van der Waals surface area (Å²) in [5.41, 5.74) is 3.42. The van der Waals surface area contributed by atoms with Crippen molar-refractivity contribution >= 4 is 59.3 Å². The number of amides is 7. The van der Waals surface area contributed by atoms with E-state index in [-0.39, 0.29) is 25.9 Å². The van der Waals surface area contributed by atoms with E-state index in [2.05, 4.69) is 43.0 Å². The number of fused-ring (bicyclic) bond motifs is 2. The molecule has 17 atom stereocenters. The van der Waals surface area contributed by atoms with Crippen molar-refractivity contribution < 1.29 is 108 Å². The quantitative estimate of drug-likeness (QED) is 0.0383. The summed E-state index contributed by atoms with van der Waals surface area (Å²) in [5, 5.41) is 81.7. The predicted molar refractivity (Wildman–Crippen MR) is 218 cm³/mol. The minimum atomic E-state index is -1.84. The van der Waals surface area contributed by atoms with Gasteiger partial charge in [0, 0.05) is 26.7 Å². The van der Waals surface area contributed by atoms with Crippen LogP contribution in [-0.4, -0.2) is 191 Å². The van der Waals surface area contributed by atoms with Crippen molar-refractivity contribution in [1.29, 1.82) is 0 Å². The second-order valence-corrected chi connectivity index (χ2v) is 16.9. The Hall–Kier alpha value is -5.66. The molecule has 0 aromatic rings. The van der Waals surface area contributed by atoms with E-state index in [1.165, 1.54) is 27.7 Å². The van der Waals surface area contributed by atoms with Crippen LogP contribution in [0.5, 0.6) is 0 Å². The van der Waals surface area contributed by atoms with Gasteiger partial charge in [0.25, 0.3) is 0 Å². The normalized spacial score (nSPS) is 28.1. The summed E-state index contributed by atoms with van der Waals surface area (Å²) in [4.78, 5) is 124. The molecule has 29 nitrogen and oxygen atoms in total. The number of carbonyl (C=O) groups is 10. The first kappa shape index (κ1) is 57.7. The van der Waals surface area contributed by atoms with E-state index < -0.39 is 182 Å². The van der Waals surface area contributed by atoms with Crippen LogP contribution < -0.4 is 58.3 Å². The van der Waals surface area contributed by atoms with Gasteiger partial charge < -0.3 is 112 Å². The number of hydrogen-bond acceptors (Lipinski definition) is 21. The van der Waals surface area contributed by atoms with E-state index in [1.807, 2.05) is 0 Å². The molecule has 3 rings (SSSR count). The van der Waals surface area contributed by atoms with E-state index in [1.54, 1.807) is 0 Å². The second kappa shape index (κ2) is 26.4. The number of aliphatic carboxylic acids is 3. The maximum atomic E-state index is 13.5. The van der Waals surface area contributed by atoms with Crippen LogP contribution in [0.15, 0.2) is 0 Å². The molecular formula is C40H62N8O21-2. The lowest BCUT2D eigenvalue weighted by atomic mass is 9.95. The van der Waals surface area contributed by atoms with Crippen LogP contribution in [0, 0.1) is 0 Å². The zero-order valence-corrected chi connectivity index (χ0v) is 38.7. The van der Waals surface area contributed by atoms with Gasteiger partial charge in [0.2, 0.25) is 41.4 Å². The number of carboxylic acid groups (broad SMARTS) is 3. The lowest BCUT2D eigenvalue weighted by Crippen LogP contribution is -2.68. The molecular weight excluding hydrogens is 928 g/mol. The molecule has 0 spiro atoms. The first-order chi connectivity index (χ1) is 32.2. The number of carbonyl (C=O) groups excluding carboxylic acids is 10. The third kappa shape index (κ3) is 16.8. The van der Waals surface area contributed by atoms with E-state index in [0.29, 0.717) is 0 Å². The van der Waals surface area contributed by atoms with E-state index in [4.69, 9.17) is 23.7 Å². The highest BCUT2D eigenvalue weighted by Crippen LogP contribution is 2.35. The van der Waals surface area contributed by atoms with Crippen molar-refractivity contribution in [1.82, 2.24) is 37.2 Å². The highest BCUT2D eigenvalue weighted by molar-refractivity contribution is 5.93. The molecule has 3 aliphatic rings. The molecule has 0 unspecified atom stereocenters.